The average molecular weight is 685 g/mol. The van der Waals surface area contributed by atoms with Gasteiger partial charge in [0.25, 0.3) is 0 Å². The van der Waals surface area contributed by atoms with E-state index in [2.05, 4.69) is 105 Å². The van der Waals surface area contributed by atoms with Gasteiger partial charge in [-0.2, -0.15) is 0 Å². The van der Waals surface area contributed by atoms with Crippen molar-refractivity contribution in [3.05, 3.63) is 102 Å². The summed E-state index contributed by atoms with van der Waals surface area (Å²) in [6.07, 6.45) is 1.81. The van der Waals surface area contributed by atoms with E-state index in [4.69, 9.17) is 9.72 Å². The van der Waals surface area contributed by atoms with Gasteiger partial charge >= 0.3 is 0 Å². The van der Waals surface area contributed by atoms with E-state index in [-0.39, 0.29) is 27.2 Å². The van der Waals surface area contributed by atoms with Crippen molar-refractivity contribution in [1.29, 1.82) is 0 Å². The zero-order valence-electron chi connectivity index (χ0n) is 21.9. The number of ether oxygens (including phenoxy) is 1. The Balaban J connectivity index is 0.00000253. The first-order chi connectivity index (χ1) is 18.6. The van der Waals surface area contributed by atoms with Crippen molar-refractivity contribution < 1.29 is 25.8 Å². The smallest absolute Gasteiger partial charge is 0.153 e. The first-order valence-electron chi connectivity index (χ1n) is 13.3. The SMILES string of the molecule is CC(C)c1cccc2c1-c1ccc3cc4ccc5cc6ccc7cccnc7c6[c-]c5c4nc3c1OC2C.[Pt]. The molecule has 4 heteroatoms. The maximum absolute atomic E-state index is 6.61. The van der Waals surface area contributed by atoms with Gasteiger partial charge in [0.1, 0.15) is 11.6 Å². The second-order valence-corrected chi connectivity index (χ2v) is 10.7. The molecule has 1 aliphatic heterocycles. The summed E-state index contributed by atoms with van der Waals surface area (Å²) < 4.78 is 6.61. The van der Waals surface area contributed by atoms with Crippen LogP contribution in [0.5, 0.6) is 5.75 Å². The summed E-state index contributed by atoms with van der Waals surface area (Å²) in [4.78, 5) is 10.00. The number of hydrogen-bond acceptors (Lipinski definition) is 3. The van der Waals surface area contributed by atoms with E-state index in [9.17, 15) is 0 Å². The summed E-state index contributed by atoms with van der Waals surface area (Å²) in [6.45, 7) is 6.65. The molecular weight excluding hydrogens is 659 g/mol. The summed E-state index contributed by atoms with van der Waals surface area (Å²) in [5.41, 5.74) is 7.84. The van der Waals surface area contributed by atoms with Crippen LogP contribution in [-0.4, -0.2) is 9.97 Å². The number of rotatable bonds is 1. The standard InChI is InChI=1S/C35H25N2O.Pt/c1-19(2)26-7-4-8-27-20(3)38-35-28(31(26)27)14-13-25-17-24-12-11-23-16-22-10-9-21-6-5-15-36-32(21)29(22)18-30(23)33(24)37-34(25)35;/h4-17,19-20H,1-3H3;/q-1;. The fourth-order valence-electron chi connectivity index (χ4n) is 6.19. The average Bonchev–Trinajstić information content (AvgIpc) is 2.95. The molecule has 1 unspecified atom stereocenters. The molecule has 0 spiro atoms. The maximum atomic E-state index is 6.61. The fraction of sp³-hybridized carbons (Fsp3) is 0.143. The number of nitrogens with zero attached hydrogens (tertiary/aromatic N) is 2. The zero-order chi connectivity index (χ0) is 25.5. The third-order valence-corrected chi connectivity index (χ3v) is 8.06. The van der Waals surface area contributed by atoms with Crippen molar-refractivity contribution in [2.75, 3.05) is 0 Å². The van der Waals surface area contributed by atoms with E-state index in [1.807, 2.05) is 12.3 Å². The van der Waals surface area contributed by atoms with Gasteiger partial charge in [0.2, 0.25) is 0 Å². The minimum Gasteiger partial charge on any atom is -0.483 e. The summed E-state index contributed by atoms with van der Waals surface area (Å²) in [5.74, 6) is 1.29. The van der Waals surface area contributed by atoms with Crippen LogP contribution >= 0.6 is 0 Å². The van der Waals surface area contributed by atoms with Crippen LogP contribution in [0.1, 0.15) is 43.9 Å². The Morgan fingerprint density at radius 2 is 1.44 bits per heavy atom. The number of fused-ring (bicyclic) bond motifs is 11. The third-order valence-electron chi connectivity index (χ3n) is 8.06. The van der Waals surface area contributed by atoms with Gasteiger partial charge in [-0.25, -0.2) is 0 Å². The Morgan fingerprint density at radius 1 is 0.744 bits per heavy atom. The van der Waals surface area contributed by atoms with Crippen LogP contribution in [0.2, 0.25) is 0 Å². The molecule has 0 saturated carbocycles. The van der Waals surface area contributed by atoms with E-state index in [1.165, 1.54) is 16.7 Å². The largest absolute Gasteiger partial charge is 0.483 e. The number of hydrogen-bond donors (Lipinski definition) is 0. The van der Waals surface area contributed by atoms with Crippen LogP contribution in [0.3, 0.4) is 0 Å². The summed E-state index contributed by atoms with van der Waals surface area (Å²) >= 11 is 0. The van der Waals surface area contributed by atoms with Gasteiger partial charge < -0.3 is 4.74 Å². The molecule has 0 bridgehead atoms. The van der Waals surface area contributed by atoms with E-state index >= 15 is 0 Å². The first-order valence-corrected chi connectivity index (χ1v) is 13.3. The maximum Gasteiger partial charge on any atom is 0.153 e. The minimum atomic E-state index is -0.0419. The Labute approximate surface area is 241 Å². The van der Waals surface area contributed by atoms with Crippen LogP contribution < -0.4 is 4.74 Å². The van der Waals surface area contributed by atoms with Crippen molar-refractivity contribution in [3.8, 4) is 16.9 Å². The van der Waals surface area contributed by atoms with Gasteiger partial charge in [-0.1, -0.05) is 96.1 Å². The molecule has 3 nitrogen and oxygen atoms in total. The fourth-order valence-corrected chi connectivity index (χ4v) is 6.19. The molecule has 39 heavy (non-hydrogen) atoms. The predicted molar refractivity (Wildman–Crippen MR) is 157 cm³/mol. The molecule has 0 aliphatic carbocycles. The van der Waals surface area contributed by atoms with E-state index < -0.39 is 0 Å². The van der Waals surface area contributed by atoms with E-state index in [1.54, 1.807) is 0 Å². The van der Waals surface area contributed by atoms with Crippen molar-refractivity contribution >= 4 is 54.3 Å². The van der Waals surface area contributed by atoms with Gasteiger partial charge in [-0.05, 0) is 46.9 Å². The number of aromatic nitrogens is 2. The summed E-state index contributed by atoms with van der Waals surface area (Å²) in [7, 11) is 0. The van der Waals surface area contributed by atoms with Gasteiger partial charge in [-0.15, -0.1) is 12.1 Å². The molecule has 2 aromatic heterocycles. The van der Waals surface area contributed by atoms with Crippen molar-refractivity contribution in [3.63, 3.8) is 0 Å². The first kappa shape index (κ1) is 24.2. The van der Waals surface area contributed by atoms with Gasteiger partial charge in [0, 0.05) is 54.8 Å². The molecule has 0 amide bonds. The van der Waals surface area contributed by atoms with Crippen molar-refractivity contribution in [2.24, 2.45) is 0 Å². The molecule has 7 aromatic rings. The Hall–Kier alpha value is -3.81. The van der Waals surface area contributed by atoms with Crippen LogP contribution in [0.4, 0.5) is 0 Å². The van der Waals surface area contributed by atoms with Crippen LogP contribution in [0.15, 0.2) is 85.1 Å². The van der Waals surface area contributed by atoms with Crippen LogP contribution in [0, 0.1) is 6.07 Å². The molecule has 0 saturated heterocycles. The molecule has 3 heterocycles. The quantitative estimate of drug-likeness (QED) is 0.0983. The molecular formula is C35H25N2OPt-. The van der Waals surface area contributed by atoms with Gasteiger partial charge in [0.15, 0.2) is 5.75 Å². The second kappa shape index (κ2) is 8.86. The molecule has 0 N–H and O–H groups in total. The topological polar surface area (TPSA) is 35.0 Å². The Morgan fingerprint density at radius 3 is 2.26 bits per heavy atom. The zero-order valence-corrected chi connectivity index (χ0v) is 24.1. The normalized spacial score (nSPS) is 14.5. The predicted octanol–water partition coefficient (Wildman–Crippen LogP) is 9.28. The van der Waals surface area contributed by atoms with Crippen LogP contribution in [-0.2, 0) is 21.1 Å². The number of pyridine rings is 2. The summed E-state index contributed by atoms with van der Waals surface area (Å²) in [6, 6.07) is 31.9. The molecule has 192 valence electrons. The summed E-state index contributed by atoms with van der Waals surface area (Å²) in [5, 5.41) is 7.60. The van der Waals surface area contributed by atoms with E-state index in [0.29, 0.717) is 5.92 Å². The minimum absolute atomic E-state index is 0. The molecule has 0 fully saturated rings. The molecule has 8 rings (SSSR count). The van der Waals surface area contributed by atoms with Crippen molar-refractivity contribution in [1.82, 2.24) is 9.97 Å². The van der Waals surface area contributed by atoms with Gasteiger partial charge in [0.05, 0.1) is 0 Å². The monoisotopic (exact) mass is 684 g/mol. The second-order valence-electron chi connectivity index (χ2n) is 10.7. The third kappa shape index (κ3) is 3.53. The molecule has 1 atom stereocenters. The van der Waals surface area contributed by atoms with Gasteiger partial charge in [-0.3, -0.25) is 9.97 Å². The number of benzene rings is 5. The molecule has 5 aromatic carbocycles. The molecule has 0 radical (unpaired) electrons. The molecule has 1 aliphatic rings. The Bertz CT molecular complexity index is 2100. The Kier molecular flexibility index (Phi) is 5.51. The van der Waals surface area contributed by atoms with Crippen LogP contribution in [0.25, 0.3) is 65.4 Å². The van der Waals surface area contributed by atoms with Crippen molar-refractivity contribution in [2.45, 2.75) is 32.8 Å². The van der Waals surface area contributed by atoms with E-state index in [0.717, 1.165) is 65.6 Å².